The maximum absolute atomic E-state index is 3.72. The molecule has 0 heterocycles. The van der Waals surface area contributed by atoms with Gasteiger partial charge in [-0.3, -0.25) is 0 Å². The van der Waals surface area contributed by atoms with Crippen LogP contribution in [0.2, 0.25) is 0 Å². The van der Waals surface area contributed by atoms with E-state index in [4.69, 9.17) is 0 Å². The Morgan fingerprint density at radius 2 is 1.20 bits per heavy atom. The smallest absolute Gasteiger partial charge is 0.0149 e. The van der Waals surface area contributed by atoms with Crippen LogP contribution in [0, 0.1) is 0 Å². The Balaban J connectivity index is 0. The lowest BCUT2D eigenvalue weighted by atomic mass is 28.1. The Morgan fingerprint density at radius 1 is 1.00 bits per heavy atom. The van der Waals surface area contributed by atoms with E-state index in [1.807, 2.05) is 0 Å². The SMILES string of the molecule is SSSS.[SiH4]. The van der Waals surface area contributed by atoms with E-state index in [0.29, 0.717) is 0 Å². The molecule has 0 aromatic carbocycles. The molecule has 0 atom stereocenters. The van der Waals surface area contributed by atoms with Gasteiger partial charge in [-0.2, -0.15) is 0 Å². The summed E-state index contributed by atoms with van der Waals surface area (Å²) in [5.41, 5.74) is 0. The summed E-state index contributed by atoms with van der Waals surface area (Å²) in [6.07, 6.45) is 0. The Labute approximate surface area is 53.9 Å². The molecule has 0 aliphatic rings. The summed E-state index contributed by atoms with van der Waals surface area (Å²) in [5.74, 6) is 0. The molecule has 5 heteroatoms. The highest BCUT2D eigenvalue weighted by atomic mass is 33.7. The number of hydrogen-bond acceptors (Lipinski definition) is 4. The minimum Gasteiger partial charge on any atom is -0.0989 e. The van der Waals surface area contributed by atoms with E-state index in [-0.39, 0.29) is 11.0 Å². The van der Waals surface area contributed by atoms with Crippen LogP contribution in [0.15, 0.2) is 0 Å². The minimum atomic E-state index is 0. The fraction of sp³-hybridized carbons (Fsp3) is 0. The zero-order valence-electron chi connectivity index (χ0n) is 1.71. The lowest BCUT2D eigenvalue weighted by molar-refractivity contribution is 5.75. The molecule has 0 amide bonds. The van der Waals surface area contributed by atoms with Crippen molar-refractivity contribution in [1.29, 1.82) is 0 Å². The van der Waals surface area contributed by atoms with Crippen molar-refractivity contribution >= 4 is 53.9 Å². The maximum atomic E-state index is 3.72. The molecule has 0 N–H and O–H groups in total. The van der Waals surface area contributed by atoms with Crippen LogP contribution in [0.5, 0.6) is 0 Å². The van der Waals surface area contributed by atoms with Crippen molar-refractivity contribution in [1.82, 2.24) is 0 Å². The standard InChI is InChI=1S/H2S4.H4Si/c1-3-4-2;/h1-2H;1H4. The second kappa shape index (κ2) is 9.15. The van der Waals surface area contributed by atoms with Crippen molar-refractivity contribution in [2.24, 2.45) is 0 Å². The first-order valence-electron chi connectivity index (χ1n) is 0.532. The van der Waals surface area contributed by atoms with Crippen molar-refractivity contribution < 1.29 is 0 Å². The highest BCUT2D eigenvalue weighted by Crippen LogP contribution is 2.27. The van der Waals surface area contributed by atoms with Crippen molar-refractivity contribution in [3.63, 3.8) is 0 Å². The molecule has 0 aliphatic heterocycles. The second-order valence-corrected chi connectivity index (χ2v) is 4.02. The molecule has 0 aromatic heterocycles. The van der Waals surface area contributed by atoms with Gasteiger partial charge in [0.05, 0.1) is 0 Å². The van der Waals surface area contributed by atoms with Crippen molar-refractivity contribution in [2.45, 2.75) is 0 Å². The van der Waals surface area contributed by atoms with Gasteiger partial charge in [0.2, 0.25) is 0 Å². The second-order valence-electron chi connectivity index (χ2n) is 0.149. The molecule has 0 saturated heterocycles. The Morgan fingerprint density at radius 3 is 1.20 bits per heavy atom. The summed E-state index contributed by atoms with van der Waals surface area (Å²) in [4.78, 5) is 0. The lowest BCUT2D eigenvalue weighted by Gasteiger charge is -1.66. The molecule has 5 heavy (non-hydrogen) atoms. The van der Waals surface area contributed by atoms with E-state index in [2.05, 4.69) is 23.3 Å². The molecule has 0 unspecified atom stereocenters. The zero-order chi connectivity index (χ0) is 3.41. The van der Waals surface area contributed by atoms with Crippen molar-refractivity contribution in [3.8, 4) is 0 Å². The third kappa shape index (κ3) is 10.7. The molecule has 0 bridgehead atoms. The first-order chi connectivity index (χ1) is 1.91. The Bertz CT molecular complexity index is 5.61. The molecule has 0 spiro atoms. The molecule has 0 nitrogen and oxygen atoms in total. The molecule has 34 valence electrons. The average molecular weight is 162 g/mol. The number of hydrogen-bond donors (Lipinski definition) is 2. The van der Waals surface area contributed by atoms with Gasteiger partial charge in [0, 0.05) is 0 Å². The topological polar surface area (TPSA) is 0 Å². The third-order valence-corrected chi connectivity index (χ3v) is 2.70. The van der Waals surface area contributed by atoms with Crippen molar-refractivity contribution in [2.75, 3.05) is 0 Å². The summed E-state index contributed by atoms with van der Waals surface area (Å²) in [6.45, 7) is 0. The van der Waals surface area contributed by atoms with Crippen LogP contribution in [-0.2, 0) is 0 Å². The molecular weight excluding hydrogens is 156 g/mol. The van der Waals surface area contributed by atoms with Crippen LogP contribution in [0.25, 0.3) is 0 Å². The van der Waals surface area contributed by atoms with Gasteiger partial charge in [-0.15, -0.1) is 0 Å². The van der Waals surface area contributed by atoms with Crippen molar-refractivity contribution in [3.05, 3.63) is 0 Å². The van der Waals surface area contributed by atoms with Crippen LogP contribution in [0.3, 0.4) is 0 Å². The van der Waals surface area contributed by atoms with Gasteiger partial charge in [-0.25, -0.2) is 0 Å². The van der Waals surface area contributed by atoms with Gasteiger partial charge in [-0.05, 0) is 30.6 Å². The van der Waals surface area contributed by atoms with Crippen LogP contribution >= 0.6 is 43.0 Å². The summed E-state index contributed by atoms with van der Waals surface area (Å²) >= 11 is 7.45. The predicted molar refractivity (Wildman–Crippen MR) is 44.5 cm³/mol. The number of thiol groups is 2. The van der Waals surface area contributed by atoms with E-state index in [9.17, 15) is 0 Å². The maximum Gasteiger partial charge on any atom is -0.0149 e. The average Bonchev–Trinajstić information content (AvgIpc) is 1.37. The van der Waals surface area contributed by atoms with Crippen LogP contribution in [0.4, 0.5) is 0 Å². The monoisotopic (exact) mass is 162 g/mol. The van der Waals surface area contributed by atoms with Gasteiger partial charge in [0.25, 0.3) is 0 Å². The molecule has 0 aliphatic carbocycles. The largest absolute Gasteiger partial charge is 0.0989 e. The normalized spacial score (nSPS) is 6.00. The minimum absolute atomic E-state index is 0. The lowest BCUT2D eigenvalue weighted by Crippen LogP contribution is -0.969. The quantitative estimate of drug-likeness (QED) is 0.329. The molecule has 0 aromatic rings. The summed E-state index contributed by atoms with van der Waals surface area (Å²) in [6, 6.07) is 0. The van der Waals surface area contributed by atoms with Crippen LogP contribution in [-0.4, -0.2) is 11.0 Å². The van der Waals surface area contributed by atoms with Gasteiger partial charge in [0.1, 0.15) is 0 Å². The summed E-state index contributed by atoms with van der Waals surface area (Å²) in [7, 11) is 2.66. The zero-order valence-corrected chi connectivity index (χ0v) is 5.13. The van der Waals surface area contributed by atoms with E-state index >= 15 is 0 Å². The molecule has 0 radical (unpaired) electrons. The fourth-order valence-electron chi connectivity index (χ4n) is 0. The Kier molecular flexibility index (Phi) is 17.9. The summed E-state index contributed by atoms with van der Waals surface area (Å²) < 4.78 is 0. The molecule has 0 saturated carbocycles. The highest BCUT2D eigenvalue weighted by molar-refractivity contribution is 9.21. The van der Waals surface area contributed by atoms with Gasteiger partial charge in [0.15, 0.2) is 0 Å². The highest BCUT2D eigenvalue weighted by Gasteiger charge is 1.58. The van der Waals surface area contributed by atoms with Gasteiger partial charge >= 0.3 is 0 Å². The van der Waals surface area contributed by atoms with E-state index in [1.165, 1.54) is 19.7 Å². The van der Waals surface area contributed by atoms with E-state index in [0.717, 1.165) is 0 Å². The van der Waals surface area contributed by atoms with Gasteiger partial charge < -0.3 is 0 Å². The van der Waals surface area contributed by atoms with E-state index < -0.39 is 0 Å². The fourth-order valence-corrected chi connectivity index (χ4v) is 0. The number of rotatable bonds is 1. The molecule has 0 rings (SSSR count). The predicted octanol–water partition coefficient (Wildman–Crippen LogP) is 0.606. The van der Waals surface area contributed by atoms with Crippen LogP contribution < -0.4 is 0 Å². The Hall–Kier alpha value is 1.62. The first kappa shape index (κ1) is 9.79. The van der Waals surface area contributed by atoms with Gasteiger partial charge in [-0.1, -0.05) is 23.3 Å². The van der Waals surface area contributed by atoms with E-state index in [1.54, 1.807) is 0 Å². The summed E-state index contributed by atoms with van der Waals surface area (Å²) in [5, 5.41) is 0. The third-order valence-electron chi connectivity index (χ3n) is 0.0333. The van der Waals surface area contributed by atoms with Crippen LogP contribution in [0.1, 0.15) is 0 Å². The first-order valence-corrected chi connectivity index (χ1v) is 4.79. The molecular formula is H6S4Si. The molecule has 0 fully saturated rings.